The normalized spacial score (nSPS) is 10.6. The highest BCUT2D eigenvalue weighted by Gasteiger charge is 2.16. The molecule has 0 aliphatic heterocycles. The molecule has 0 saturated heterocycles. The van der Waals surface area contributed by atoms with Crippen molar-refractivity contribution in [1.82, 2.24) is 19.7 Å². The molecule has 0 spiro atoms. The van der Waals surface area contributed by atoms with E-state index in [2.05, 4.69) is 23.7 Å². The van der Waals surface area contributed by atoms with Crippen molar-refractivity contribution in [3.63, 3.8) is 0 Å². The summed E-state index contributed by atoms with van der Waals surface area (Å²) >= 11 is 6.87. The molecule has 0 fully saturated rings. The van der Waals surface area contributed by atoms with E-state index in [0.717, 1.165) is 23.5 Å². The lowest BCUT2D eigenvalue weighted by Crippen LogP contribution is -2.33. The van der Waals surface area contributed by atoms with Crippen LogP contribution in [-0.2, 0) is 24.3 Å². The molecular formula is C15H20N4OS2. The van der Waals surface area contributed by atoms with Gasteiger partial charge in [-0.25, -0.2) is 0 Å². The Morgan fingerprint density at radius 2 is 2.45 bits per heavy atom. The number of nitrogens with zero attached hydrogens (tertiary/aromatic N) is 3. The number of H-pyrrole nitrogens is 1. The zero-order valence-electron chi connectivity index (χ0n) is 12.6. The monoisotopic (exact) mass is 336 g/mol. The fourth-order valence-electron chi connectivity index (χ4n) is 2.16. The molecule has 0 aliphatic carbocycles. The van der Waals surface area contributed by atoms with Crippen LogP contribution in [0.4, 0.5) is 0 Å². The fourth-order valence-corrected chi connectivity index (χ4v) is 3.10. The van der Waals surface area contributed by atoms with E-state index in [9.17, 15) is 4.79 Å². The molecule has 22 heavy (non-hydrogen) atoms. The third-order valence-corrected chi connectivity index (χ3v) is 4.41. The summed E-state index contributed by atoms with van der Waals surface area (Å²) in [7, 11) is 0. The highest BCUT2D eigenvalue weighted by molar-refractivity contribution is 7.71. The van der Waals surface area contributed by atoms with Gasteiger partial charge >= 0.3 is 0 Å². The smallest absolute Gasteiger partial charge is 0.243 e. The zero-order chi connectivity index (χ0) is 15.9. The van der Waals surface area contributed by atoms with Crippen molar-refractivity contribution < 1.29 is 4.79 Å². The summed E-state index contributed by atoms with van der Waals surface area (Å²) in [4.78, 5) is 15.5. The van der Waals surface area contributed by atoms with E-state index in [-0.39, 0.29) is 12.5 Å². The fraction of sp³-hybridized carbons (Fsp3) is 0.400. The number of carbonyl (C=O) groups excluding carboxylic acids is 1. The summed E-state index contributed by atoms with van der Waals surface area (Å²) in [6.07, 6.45) is 3.50. The van der Waals surface area contributed by atoms with Crippen LogP contribution in [0.2, 0.25) is 0 Å². The predicted molar refractivity (Wildman–Crippen MR) is 91.3 cm³/mol. The van der Waals surface area contributed by atoms with Crippen molar-refractivity contribution in [3.05, 3.63) is 45.6 Å². The average molecular weight is 336 g/mol. The number of carbonyl (C=O) groups is 1. The molecule has 0 aliphatic rings. The SMILES string of the molecule is C=CCN(Cc1cccs1)C(=O)Cn1c(CCC)n[nH]c1=S. The van der Waals surface area contributed by atoms with E-state index in [1.165, 1.54) is 0 Å². The van der Waals surface area contributed by atoms with Gasteiger partial charge in [0, 0.05) is 17.8 Å². The Morgan fingerprint density at radius 1 is 1.64 bits per heavy atom. The molecule has 1 N–H and O–H groups in total. The van der Waals surface area contributed by atoms with Crippen LogP contribution in [0.25, 0.3) is 0 Å². The van der Waals surface area contributed by atoms with Gasteiger partial charge in [0.05, 0.1) is 6.54 Å². The second-order valence-electron chi connectivity index (χ2n) is 4.92. The summed E-state index contributed by atoms with van der Waals surface area (Å²) in [5.41, 5.74) is 0. The Bertz CT molecular complexity index is 672. The first-order valence-corrected chi connectivity index (χ1v) is 8.49. The molecule has 0 atom stereocenters. The van der Waals surface area contributed by atoms with Gasteiger partial charge in [-0.1, -0.05) is 19.1 Å². The van der Waals surface area contributed by atoms with Gasteiger partial charge in [0.15, 0.2) is 4.77 Å². The molecule has 2 rings (SSSR count). The molecule has 0 bridgehead atoms. The lowest BCUT2D eigenvalue weighted by molar-refractivity contribution is -0.131. The second kappa shape index (κ2) is 8.05. The Balaban J connectivity index is 2.12. The van der Waals surface area contributed by atoms with Crippen LogP contribution in [0.3, 0.4) is 0 Å². The predicted octanol–water partition coefficient (Wildman–Crippen LogP) is 3.17. The van der Waals surface area contributed by atoms with Crippen molar-refractivity contribution in [2.45, 2.75) is 32.9 Å². The maximum atomic E-state index is 12.6. The number of rotatable bonds is 8. The van der Waals surface area contributed by atoms with Crippen molar-refractivity contribution >= 4 is 29.5 Å². The number of aryl methyl sites for hydroxylation is 1. The van der Waals surface area contributed by atoms with Crippen LogP contribution in [-0.4, -0.2) is 32.1 Å². The van der Waals surface area contributed by atoms with Crippen LogP contribution < -0.4 is 0 Å². The van der Waals surface area contributed by atoms with Crippen LogP contribution in [0.1, 0.15) is 24.0 Å². The molecule has 0 radical (unpaired) electrons. The minimum atomic E-state index is 0.0168. The first-order chi connectivity index (χ1) is 10.7. The summed E-state index contributed by atoms with van der Waals surface area (Å²) in [5, 5.41) is 8.98. The first kappa shape index (κ1) is 16.6. The minimum Gasteiger partial charge on any atom is -0.332 e. The third kappa shape index (κ3) is 4.14. The molecule has 7 heteroatoms. The molecule has 0 saturated carbocycles. The van der Waals surface area contributed by atoms with Gasteiger partial charge in [-0.05, 0) is 30.1 Å². The van der Waals surface area contributed by atoms with Crippen molar-refractivity contribution in [2.75, 3.05) is 6.54 Å². The maximum absolute atomic E-state index is 12.6. The van der Waals surface area contributed by atoms with Crippen LogP contribution in [0, 0.1) is 4.77 Å². The van der Waals surface area contributed by atoms with Gasteiger partial charge in [0.2, 0.25) is 5.91 Å². The number of hydrogen-bond donors (Lipinski definition) is 1. The van der Waals surface area contributed by atoms with Gasteiger partial charge in [-0.3, -0.25) is 14.5 Å². The van der Waals surface area contributed by atoms with E-state index >= 15 is 0 Å². The third-order valence-electron chi connectivity index (χ3n) is 3.23. The molecule has 2 aromatic heterocycles. The van der Waals surface area contributed by atoms with Crippen molar-refractivity contribution in [3.8, 4) is 0 Å². The van der Waals surface area contributed by atoms with Crippen LogP contribution >= 0.6 is 23.6 Å². The summed E-state index contributed by atoms with van der Waals surface area (Å²) < 4.78 is 2.28. The lowest BCUT2D eigenvalue weighted by atomic mass is 10.3. The van der Waals surface area contributed by atoms with Crippen LogP contribution in [0.5, 0.6) is 0 Å². The van der Waals surface area contributed by atoms with E-state index in [0.29, 0.717) is 17.9 Å². The Labute approximate surface area is 139 Å². The highest BCUT2D eigenvalue weighted by Crippen LogP contribution is 2.13. The number of aromatic amines is 1. The Morgan fingerprint density at radius 3 is 3.09 bits per heavy atom. The van der Waals surface area contributed by atoms with Crippen LogP contribution in [0.15, 0.2) is 30.2 Å². The number of aromatic nitrogens is 3. The molecule has 2 heterocycles. The molecule has 2 aromatic rings. The number of nitrogens with one attached hydrogen (secondary N) is 1. The molecule has 0 aromatic carbocycles. The van der Waals surface area contributed by atoms with Crippen molar-refractivity contribution in [1.29, 1.82) is 0 Å². The zero-order valence-corrected chi connectivity index (χ0v) is 14.3. The molecule has 1 amide bonds. The highest BCUT2D eigenvalue weighted by atomic mass is 32.1. The summed E-state index contributed by atoms with van der Waals surface area (Å²) in [6.45, 7) is 7.14. The quantitative estimate of drug-likeness (QED) is 0.595. The van der Waals surface area contributed by atoms with E-state index in [1.54, 1.807) is 26.9 Å². The Kier molecular flexibility index (Phi) is 6.09. The van der Waals surface area contributed by atoms with E-state index in [1.807, 2.05) is 17.5 Å². The average Bonchev–Trinajstić information content (AvgIpc) is 3.12. The van der Waals surface area contributed by atoms with Gasteiger partial charge in [-0.15, -0.1) is 17.9 Å². The van der Waals surface area contributed by atoms with Crippen molar-refractivity contribution in [2.24, 2.45) is 0 Å². The second-order valence-corrected chi connectivity index (χ2v) is 6.34. The number of amides is 1. The minimum absolute atomic E-state index is 0.0168. The summed E-state index contributed by atoms with van der Waals surface area (Å²) in [5.74, 6) is 0.846. The van der Waals surface area contributed by atoms with Gasteiger partial charge in [-0.2, -0.15) is 5.10 Å². The topological polar surface area (TPSA) is 53.9 Å². The molecule has 118 valence electrons. The van der Waals surface area contributed by atoms with Gasteiger partial charge in [0.25, 0.3) is 0 Å². The maximum Gasteiger partial charge on any atom is 0.243 e. The number of thiophene rings is 1. The van der Waals surface area contributed by atoms with E-state index < -0.39 is 0 Å². The number of hydrogen-bond acceptors (Lipinski definition) is 4. The van der Waals surface area contributed by atoms with Gasteiger partial charge in [0.1, 0.15) is 12.4 Å². The summed E-state index contributed by atoms with van der Waals surface area (Å²) in [6, 6.07) is 4.02. The first-order valence-electron chi connectivity index (χ1n) is 7.20. The lowest BCUT2D eigenvalue weighted by Gasteiger charge is -2.21. The van der Waals surface area contributed by atoms with Gasteiger partial charge < -0.3 is 4.90 Å². The molecular weight excluding hydrogens is 316 g/mol. The standard InChI is InChI=1S/C15H20N4OS2/c1-3-6-13-16-17-15(21)19(13)11-14(20)18(8-4-2)10-12-7-5-9-22-12/h4-5,7,9H,2-3,6,8,10-11H2,1H3,(H,17,21). The molecule has 5 nitrogen and oxygen atoms in total. The Hall–Kier alpha value is -1.73. The van der Waals surface area contributed by atoms with E-state index in [4.69, 9.17) is 12.2 Å². The largest absolute Gasteiger partial charge is 0.332 e. The molecule has 0 unspecified atom stereocenters.